The summed E-state index contributed by atoms with van der Waals surface area (Å²) in [6, 6.07) is 20.5. The Labute approximate surface area is 188 Å². The lowest BCUT2D eigenvalue weighted by Crippen LogP contribution is -2.09. The van der Waals surface area contributed by atoms with E-state index in [0.717, 1.165) is 20.3 Å². The van der Waals surface area contributed by atoms with E-state index in [4.69, 9.17) is 9.47 Å². The molecular formula is C25H21NO5S. The average molecular weight is 448 g/mol. The Morgan fingerprint density at radius 2 is 1.50 bits per heavy atom. The van der Waals surface area contributed by atoms with Crippen LogP contribution in [0.2, 0.25) is 0 Å². The van der Waals surface area contributed by atoms with Crippen molar-refractivity contribution in [1.29, 1.82) is 0 Å². The molecule has 1 aromatic heterocycles. The topological polar surface area (TPSA) is 74.2 Å². The van der Waals surface area contributed by atoms with Gasteiger partial charge in [-0.25, -0.2) is 4.79 Å². The lowest BCUT2D eigenvalue weighted by atomic mass is 10.1. The summed E-state index contributed by atoms with van der Waals surface area (Å²) in [5, 5.41) is 5.15. The van der Waals surface area contributed by atoms with Crippen LogP contribution in [-0.4, -0.2) is 24.9 Å². The van der Waals surface area contributed by atoms with Gasteiger partial charge in [-0.05, 0) is 67.1 Å². The highest BCUT2D eigenvalue weighted by atomic mass is 32.1. The fourth-order valence-electron chi connectivity index (χ4n) is 3.17. The second-order valence-electron chi connectivity index (χ2n) is 7.07. The number of ether oxygens (including phenoxy) is 2. The zero-order valence-electron chi connectivity index (χ0n) is 17.7. The molecule has 7 heteroatoms. The van der Waals surface area contributed by atoms with Gasteiger partial charge in [-0.3, -0.25) is 4.79 Å². The molecule has 0 spiro atoms. The molecule has 4 aromatic rings. The predicted molar refractivity (Wildman–Crippen MR) is 127 cm³/mol. The second kappa shape index (κ2) is 9.62. The summed E-state index contributed by atoms with van der Waals surface area (Å²) >= 11 is 1.59. The molecule has 162 valence electrons. The standard InChI is InChI=1S/C25H21NO5S/c1-16(26-31-17(2)27)18-7-9-19(10-8-18)29-13-14-30-20-11-12-24-22(15-20)25(28)21-5-3-4-6-23(21)32-24/h3-12,15H,13-14H2,1-2H3/b26-16+. The van der Waals surface area contributed by atoms with Crippen LogP contribution in [0.3, 0.4) is 0 Å². The van der Waals surface area contributed by atoms with Gasteiger partial charge in [0.05, 0.1) is 5.71 Å². The Bertz CT molecular complexity index is 1360. The minimum atomic E-state index is -0.462. The number of benzene rings is 3. The number of carbonyl (C=O) groups excluding carboxylic acids is 1. The molecule has 0 fully saturated rings. The number of carbonyl (C=O) groups is 1. The first-order valence-electron chi connectivity index (χ1n) is 10.0. The number of oxime groups is 1. The van der Waals surface area contributed by atoms with Crippen molar-refractivity contribution in [2.45, 2.75) is 13.8 Å². The van der Waals surface area contributed by atoms with E-state index in [1.54, 1.807) is 24.3 Å². The van der Waals surface area contributed by atoms with Gasteiger partial charge in [0.1, 0.15) is 24.7 Å². The third-order valence-corrected chi connectivity index (χ3v) is 5.90. The van der Waals surface area contributed by atoms with Gasteiger partial charge in [0.2, 0.25) is 0 Å². The van der Waals surface area contributed by atoms with E-state index >= 15 is 0 Å². The number of hydrogen-bond donors (Lipinski definition) is 0. The molecule has 4 rings (SSSR count). The van der Waals surface area contributed by atoms with Gasteiger partial charge in [0.25, 0.3) is 0 Å². The molecule has 6 nitrogen and oxygen atoms in total. The average Bonchev–Trinajstić information content (AvgIpc) is 2.81. The van der Waals surface area contributed by atoms with Crippen molar-refractivity contribution < 1.29 is 19.1 Å². The maximum atomic E-state index is 12.8. The largest absolute Gasteiger partial charge is 0.490 e. The van der Waals surface area contributed by atoms with Gasteiger partial charge in [-0.15, -0.1) is 11.3 Å². The van der Waals surface area contributed by atoms with Gasteiger partial charge in [-0.1, -0.05) is 17.3 Å². The Morgan fingerprint density at radius 1 is 0.844 bits per heavy atom. The molecule has 32 heavy (non-hydrogen) atoms. The van der Waals surface area contributed by atoms with Crippen molar-refractivity contribution in [2.75, 3.05) is 13.2 Å². The smallest absolute Gasteiger partial charge is 0.331 e. The van der Waals surface area contributed by atoms with Crippen molar-refractivity contribution in [3.05, 3.63) is 82.5 Å². The van der Waals surface area contributed by atoms with Crippen molar-refractivity contribution >= 4 is 43.2 Å². The Kier molecular flexibility index (Phi) is 6.47. The summed E-state index contributed by atoms with van der Waals surface area (Å²) in [6.45, 7) is 3.75. The number of fused-ring (bicyclic) bond motifs is 2. The Hall–Kier alpha value is -3.71. The summed E-state index contributed by atoms with van der Waals surface area (Å²) in [5.74, 6) is 0.857. The molecule has 0 saturated heterocycles. The predicted octanol–water partition coefficient (Wildman–Crippen LogP) is 5.16. The van der Waals surface area contributed by atoms with Gasteiger partial charge in [0, 0.05) is 27.1 Å². The molecule has 0 N–H and O–H groups in total. The Balaban J connectivity index is 1.36. The summed E-state index contributed by atoms with van der Waals surface area (Å²) in [5.41, 5.74) is 1.44. The minimum absolute atomic E-state index is 0.0173. The molecule has 0 atom stereocenters. The molecule has 0 aliphatic heterocycles. The fraction of sp³-hybridized carbons (Fsp3) is 0.160. The normalized spacial score (nSPS) is 11.5. The highest BCUT2D eigenvalue weighted by molar-refractivity contribution is 7.24. The first kappa shape index (κ1) is 21.5. The van der Waals surface area contributed by atoms with E-state index in [1.165, 1.54) is 6.92 Å². The van der Waals surface area contributed by atoms with Crippen LogP contribution >= 0.6 is 11.3 Å². The summed E-state index contributed by atoms with van der Waals surface area (Å²) in [6.07, 6.45) is 0. The van der Waals surface area contributed by atoms with Crippen molar-refractivity contribution in [3.63, 3.8) is 0 Å². The monoisotopic (exact) mass is 447 g/mol. The zero-order chi connectivity index (χ0) is 22.5. The van der Waals surface area contributed by atoms with Gasteiger partial charge in [0.15, 0.2) is 5.43 Å². The molecule has 0 aliphatic carbocycles. The molecule has 0 unspecified atom stereocenters. The number of nitrogens with zero attached hydrogens (tertiary/aromatic N) is 1. The molecule has 0 saturated carbocycles. The first-order valence-corrected chi connectivity index (χ1v) is 10.9. The van der Waals surface area contributed by atoms with Crippen LogP contribution in [0.4, 0.5) is 0 Å². The van der Waals surface area contributed by atoms with Crippen LogP contribution < -0.4 is 14.9 Å². The van der Waals surface area contributed by atoms with Crippen LogP contribution in [-0.2, 0) is 9.63 Å². The van der Waals surface area contributed by atoms with Crippen LogP contribution in [0.25, 0.3) is 20.2 Å². The summed E-state index contributed by atoms with van der Waals surface area (Å²) in [7, 11) is 0. The SMILES string of the molecule is CC(=O)O/N=C(\C)c1ccc(OCCOc2ccc3sc4ccccc4c(=O)c3c2)cc1. The number of rotatable bonds is 7. The van der Waals surface area contributed by atoms with Crippen LogP contribution in [0.5, 0.6) is 11.5 Å². The second-order valence-corrected chi connectivity index (χ2v) is 8.15. The van der Waals surface area contributed by atoms with E-state index < -0.39 is 5.97 Å². The van der Waals surface area contributed by atoms with E-state index in [1.807, 2.05) is 60.7 Å². The lowest BCUT2D eigenvalue weighted by Gasteiger charge is -2.10. The molecule has 0 radical (unpaired) electrons. The maximum absolute atomic E-state index is 12.8. The van der Waals surface area contributed by atoms with Gasteiger partial charge >= 0.3 is 5.97 Å². The van der Waals surface area contributed by atoms with E-state index in [-0.39, 0.29) is 5.43 Å². The molecular weight excluding hydrogens is 426 g/mol. The molecule has 0 amide bonds. The van der Waals surface area contributed by atoms with E-state index in [0.29, 0.717) is 35.8 Å². The van der Waals surface area contributed by atoms with Crippen molar-refractivity contribution in [3.8, 4) is 11.5 Å². The van der Waals surface area contributed by atoms with Crippen molar-refractivity contribution in [2.24, 2.45) is 5.16 Å². The third kappa shape index (κ3) is 4.95. The first-order chi connectivity index (χ1) is 15.5. The highest BCUT2D eigenvalue weighted by Gasteiger charge is 2.07. The fourth-order valence-corrected chi connectivity index (χ4v) is 4.22. The number of hydrogen-bond acceptors (Lipinski definition) is 7. The van der Waals surface area contributed by atoms with Gasteiger partial charge < -0.3 is 14.3 Å². The maximum Gasteiger partial charge on any atom is 0.331 e. The summed E-state index contributed by atoms with van der Waals surface area (Å²) < 4.78 is 13.4. The zero-order valence-corrected chi connectivity index (χ0v) is 18.5. The van der Waals surface area contributed by atoms with Crippen LogP contribution in [0.1, 0.15) is 19.4 Å². The van der Waals surface area contributed by atoms with Crippen LogP contribution in [0.15, 0.2) is 76.7 Å². The molecule has 0 aliphatic rings. The molecule has 3 aromatic carbocycles. The van der Waals surface area contributed by atoms with E-state index in [9.17, 15) is 9.59 Å². The Morgan fingerprint density at radius 3 is 2.25 bits per heavy atom. The minimum Gasteiger partial charge on any atom is -0.490 e. The quantitative estimate of drug-likeness (QED) is 0.129. The molecule has 0 bridgehead atoms. The summed E-state index contributed by atoms with van der Waals surface area (Å²) in [4.78, 5) is 28.3. The van der Waals surface area contributed by atoms with Gasteiger partial charge in [-0.2, -0.15) is 0 Å². The third-order valence-electron chi connectivity index (χ3n) is 4.75. The molecule has 1 heterocycles. The highest BCUT2D eigenvalue weighted by Crippen LogP contribution is 2.27. The van der Waals surface area contributed by atoms with Crippen molar-refractivity contribution in [1.82, 2.24) is 0 Å². The van der Waals surface area contributed by atoms with Crippen LogP contribution in [0, 0.1) is 0 Å². The lowest BCUT2D eigenvalue weighted by molar-refractivity contribution is -0.140. The van der Waals surface area contributed by atoms with E-state index in [2.05, 4.69) is 9.99 Å².